The number of carbonyl (C=O) groups excluding carboxylic acids is 1. The van der Waals surface area contributed by atoms with Gasteiger partial charge in [0.1, 0.15) is 5.60 Å². The van der Waals surface area contributed by atoms with Crippen LogP contribution in [0.4, 0.5) is 4.79 Å². The van der Waals surface area contributed by atoms with Crippen molar-refractivity contribution in [2.45, 2.75) is 52.7 Å². The van der Waals surface area contributed by atoms with Crippen LogP contribution >= 0.6 is 0 Å². The molecule has 4 nitrogen and oxygen atoms in total. The second-order valence-corrected chi connectivity index (χ2v) is 6.39. The summed E-state index contributed by atoms with van der Waals surface area (Å²) in [5.41, 5.74) is 5.57. The van der Waals surface area contributed by atoms with Gasteiger partial charge in [-0.1, -0.05) is 13.8 Å². The predicted molar refractivity (Wildman–Crippen MR) is 68.7 cm³/mol. The van der Waals surface area contributed by atoms with E-state index in [1.165, 1.54) is 0 Å². The van der Waals surface area contributed by atoms with Crippen molar-refractivity contribution in [2.75, 3.05) is 13.1 Å². The smallest absolute Gasteiger partial charge is 0.410 e. The third-order valence-electron chi connectivity index (χ3n) is 3.11. The minimum absolute atomic E-state index is 0.0728. The number of hydrogen-bond donors (Lipinski definition) is 1. The second-order valence-electron chi connectivity index (χ2n) is 6.39. The van der Waals surface area contributed by atoms with Crippen molar-refractivity contribution in [3.8, 4) is 0 Å². The summed E-state index contributed by atoms with van der Waals surface area (Å²) in [6.07, 6.45) is 0.759. The molecular formula is C13H26N2O2. The molecule has 1 fully saturated rings. The zero-order valence-electron chi connectivity index (χ0n) is 11.7. The molecule has 1 saturated heterocycles. The molecular weight excluding hydrogens is 216 g/mol. The quantitative estimate of drug-likeness (QED) is 0.767. The number of rotatable bonds is 1. The van der Waals surface area contributed by atoms with Crippen molar-refractivity contribution in [3.05, 3.63) is 0 Å². The van der Waals surface area contributed by atoms with Crippen LogP contribution in [0, 0.1) is 11.8 Å². The van der Waals surface area contributed by atoms with Gasteiger partial charge in [-0.2, -0.15) is 0 Å². The average molecular weight is 242 g/mol. The van der Waals surface area contributed by atoms with E-state index in [1.54, 1.807) is 4.90 Å². The molecule has 0 aromatic heterocycles. The summed E-state index contributed by atoms with van der Waals surface area (Å²) in [7, 11) is 0. The highest BCUT2D eigenvalue weighted by Crippen LogP contribution is 2.24. The van der Waals surface area contributed by atoms with Crippen LogP contribution in [-0.2, 0) is 4.74 Å². The Morgan fingerprint density at radius 2 is 1.94 bits per heavy atom. The lowest BCUT2D eigenvalue weighted by atomic mass is 9.86. The first-order valence-corrected chi connectivity index (χ1v) is 6.42. The van der Waals surface area contributed by atoms with Crippen LogP contribution in [0.3, 0.4) is 0 Å². The molecule has 0 radical (unpaired) electrons. The average Bonchev–Trinajstić information content (AvgIpc) is 2.13. The van der Waals surface area contributed by atoms with Crippen molar-refractivity contribution < 1.29 is 9.53 Å². The summed E-state index contributed by atoms with van der Waals surface area (Å²) >= 11 is 0. The van der Waals surface area contributed by atoms with Gasteiger partial charge in [-0.15, -0.1) is 0 Å². The fourth-order valence-electron chi connectivity index (χ4n) is 2.14. The molecule has 2 N–H and O–H groups in total. The molecule has 0 saturated carbocycles. The third-order valence-corrected chi connectivity index (χ3v) is 3.11. The first kappa shape index (κ1) is 14.3. The molecule has 1 aliphatic rings. The van der Waals surface area contributed by atoms with E-state index < -0.39 is 5.60 Å². The van der Waals surface area contributed by atoms with E-state index in [9.17, 15) is 4.79 Å². The Morgan fingerprint density at radius 3 is 2.41 bits per heavy atom. The van der Waals surface area contributed by atoms with E-state index >= 15 is 0 Å². The van der Waals surface area contributed by atoms with Gasteiger partial charge in [0.15, 0.2) is 0 Å². The molecule has 0 aliphatic carbocycles. The van der Waals surface area contributed by atoms with Crippen LogP contribution in [0.1, 0.15) is 41.0 Å². The number of piperidine rings is 1. The molecule has 17 heavy (non-hydrogen) atoms. The molecule has 1 heterocycles. The SMILES string of the molecule is CC(C)[C@H]1C[C@@H](N)CN(C(=O)OC(C)(C)C)C1. The fraction of sp³-hybridized carbons (Fsp3) is 0.923. The maximum Gasteiger partial charge on any atom is 0.410 e. The summed E-state index contributed by atoms with van der Waals surface area (Å²) in [6, 6.07) is 0.0728. The monoisotopic (exact) mass is 242 g/mol. The van der Waals surface area contributed by atoms with E-state index in [0.717, 1.165) is 13.0 Å². The molecule has 0 spiro atoms. The molecule has 1 rings (SSSR count). The van der Waals surface area contributed by atoms with Crippen molar-refractivity contribution in [2.24, 2.45) is 17.6 Å². The van der Waals surface area contributed by atoms with Crippen molar-refractivity contribution >= 4 is 6.09 Å². The largest absolute Gasteiger partial charge is 0.444 e. The lowest BCUT2D eigenvalue weighted by Crippen LogP contribution is -2.51. The van der Waals surface area contributed by atoms with Gasteiger partial charge in [-0.25, -0.2) is 4.79 Å². The van der Waals surface area contributed by atoms with Gasteiger partial charge in [0.05, 0.1) is 0 Å². The van der Waals surface area contributed by atoms with E-state index in [4.69, 9.17) is 10.5 Å². The Hall–Kier alpha value is -0.770. The molecule has 1 aliphatic heterocycles. The summed E-state index contributed by atoms with van der Waals surface area (Å²) in [4.78, 5) is 13.7. The molecule has 4 heteroatoms. The molecule has 100 valence electrons. The highest BCUT2D eigenvalue weighted by molar-refractivity contribution is 5.68. The number of amides is 1. The van der Waals surface area contributed by atoms with Crippen molar-refractivity contribution in [3.63, 3.8) is 0 Å². The van der Waals surface area contributed by atoms with Crippen LogP contribution in [0.15, 0.2) is 0 Å². The Bertz CT molecular complexity index is 271. The summed E-state index contributed by atoms with van der Waals surface area (Å²) in [5.74, 6) is 1.03. The predicted octanol–water partition coefficient (Wildman–Crippen LogP) is 2.23. The number of nitrogens with zero attached hydrogens (tertiary/aromatic N) is 1. The topological polar surface area (TPSA) is 55.6 Å². The minimum Gasteiger partial charge on any atom is -0.444 e. The van der Waals surface area contributed by atoms with Crippen LogP contribution in [-0.4, -0.2) is 35.7 Å². The summed E-state index contributed by atoms with van der Waals surface area (Å²) in [6.45, 7) is 11.4. The van der Waals surface area contributed by atoms with Crippen molar-refractivity contribution in [1.29, 1.82) is 0 Å². The number of hydrogen-bond acceptors (Lipinski definition) is 3. The number of carbonyl (C=O) groups is 1. The molecule has 2 atom stereocenters. The minimum atomic E-state index is -0.439. The highest BCUT2D eigenvalue weighted by atomic mass is 16.6. The van der Waals surface area contributed by atoms with Crippen LogP contribution in [0.5, 0.6) is 0 Å². The van der Waals surface area contributed by atoms with E-state index in [1.807, 2.05) is 20.8 Å². The molecule has 1 amide bonds. The highest BCUT2D eigenvalue weighted by Gasteiger charge is 2.32. The summed E-state index contributed by atoms with van der Waals surface area (Å²) in [5, 5.41) is 0. The second kappa shape index (κ2) is 5.25. The maximum absolute atomic E-state index is 12.0. The Labute approximate surface area is 104 Å². The lowest BCUT2D eigenvalue weighted by Gasteiger charge is -2.38. The van der Waals surface area contributed by atoms with Gasteiger partial charge in [0.2, 0.25) is 0 Å². The van der Waals surface area contributed by atoms with E-state index in [2.05, 4.69) is 13.8 Å². The number of likely N-dealkylation sites (tertiary alicyclic amines) is 1. The Balaban J connectivity index is 2.61. The maximum atomic E-state index is 12.0. The van der Waals surface area contributed by atoms with Gasteiger partial charge >= 0.3 is 6.09 Å². The molecule has 0 bridgehead atoms. The van der Waals surface area contributed by atoms with Crippen molar-refractivity contribution in [1.82, 2.24) is 4.90 Å². The normalized spacial score (nSPS) is 26.2. The molecule has 0 aromatic carbocycles. The Morgan fingerprint density at radius 1 is 1.35 bits per heavy atom. The standard InChI is InChI=1S/C13H26N2O2/c1-9(2)10-6-11(14)8-15(7-10)12(16)17-13(3,4)5/h9-11H,6-8,14H2,1-5H3/t10-,11+/m0/s1. The van der Waals surface area contributed by atoms with Gasteiger partial charge in [-0.05, 0) is 39.0 Å². The van der Waals surface area contributed by atoms with Gasteiger partial charge < -0.3 is 15.4 Å². The first-order valence-electron chi connectivity index (χ1n) is 6.42. The van der Waals surface area contributed by atoms with Gasteiger partial charge in [0.25, 0.3) is 0 Å². The zero-order valence-corrected chi connectivity index (χ0v) is 11.7. The van der Waals surface area contributed by atoms with Gasteiger partial charge in [0, 0.05) is 19.1 Å². The number of ether oxygens (including phenoxy) is 1. The van der Waals surface area contributed by atoms with Crippen LogP contribution in [0.2, 0.25) is 0 Å². The Kier molecular flexibility index (Phi) is 4.42. The number of nitrogens with two attached hydrogens (primary N) is 1. The van der Waals surface area contributed by atoms with Crippen LogP contribution < -0.4 is 5.73 Å². The zero-order chi connectivity index (χ0) is 13.2. The van der Waals surface area contributed by atoms with Gasteiger partial charge in [-0.3, -0.25) is 0 Å². The summed E-state index contributed by atoms with van der Waals surface area (Å²) < 4.78 is 5.39. The molecule has 0 unspecified atom stereocenters. The van der Waals surface area contributed by atoms with E-state index in [-0.39, 0.29) is 12.1 Å². The molecule has 0 aromatic rings. The lowest BCUT2D eigenvalue weighted by molar-refractivity contribution is 0.0116. The van der Waals surface area contributed by atoms with E-state index in [0.29, 0.717) is 18.4 Å². The first-order chi connectivity index (χ1) is 7.69. The fourth-order valence-corrected chi connectivity index (χ4v) is 2.14. The third kappa shape index (κ3) is 4.54. The van der Waals surface area contributed by atoms with Crippen LogP contribution in [0.25, 0.3) is 0 Å².